The van der Waals surface area contributed by atoms with Crippen LogP contribution in [0, 0.1) is 0 Å². The Labute approximate surface area is 77.7 Å². The molecule has 0 aliphatic rings. The second kappa shape index (κ2) is 5.41. The monoisotopic (exact) mass is 183 g/mol. The van der Waals surface area contributed by atoms with Crippen LogP contribution in [0.5, 0.6) is 5.75 Å². The molecule has 0 atom stereocenters. The molecule has 0 saturated carbocycles. The number of alkyl halides is 1. The van der Waals surface area contributed by atoms with Crippen LogP contribution in [0.15, 0.2) is 24.3 Å². The average molecular weight is 183 g/mol. The Hall–Kier alpha value is -1.25. The maximum absolute atomic E-state index is 11.7. The van der Waals surface area contributed by atoms with E-state index in [1.165, 1.54) is 0 Å². The number of hydrogen-bond acceptors (Lipinski definition) is 2. The number of rotatable bonds is 5. The maximum Gasteiger partial charge on any atom is 0.123 e. The summed E-state index contributed by atoms with van der Waals surface area (Å²) in [6.45, 7) is 2.60. The van der Waals surface area contributed by atoms with Crippen LogP contribution < -0.4 is 10.1 Å². The minimum atomic E-state index is -0.449. The molecule has 0 radical (unpaired) electrons. The van der Waals surface area contributed by atoms with E-state index in [4.69, 9.17) is 4.74 Å². The Morgan fingerprint density at radius 1 is 1.31 bits per heavy atom. The Bertz CT molecular complexity index is 235. The second-order valence-electron chi connectivity index (χ2n) is 2.59. The third-order valence-electron chi connectivity index (χ3n) is 1.58. The summed E-state index contributed by atoms with van der Waals surface area (Å²) in [5.74, 6) is 0.708. The fraction of sp³-hybridized carbons (Fsp3) is 0.400. The van der Waals surface area contributed by atoms with Gasteiger partial charge in [-0.1, -0.05) is 0 Å². The summed E-state index contributed by atoms with van der Waals surface area (Å²) in [6.07, 6.45) is 0. The first kappa shape index (κ1) is 9.84. The molecule has 13 heavy (non-hydrogen) atoms. The van der Waals surface area contributed by atoms with Gasteiger partial charge in [-0.05, 0) is 31.2 Å². The highest BCUT2D eigenvalue weighted by Crippen LogP contribution is 2.15. The van der Waals surface area contributed by atoms with Gasteiger partial charge in [0.15, 0.2) is 0 Å². The molecule has 0 aliphatic carbocycles. The Balaban J connectivity index is 2.48. The highest BCUT2D eigenvalue weighted by Gasteiger charge is 1.93. The third-order valence-corrected chi connectivity index (χ3v) is 1.58. The third kappa shape index (κ3) is 3.32. The Morgan fingerprint density at radius 2 is 2.00 bits per heavy atom. The summed E-state index contributed by atoms with van der Waals surface area (Å²) in [6, 6.07) is 7.48. The number of anilines is 1. The standard InChI is InChI=1S/C10H14FNO/c1-2-12-9-3-5-10(6-4-9)13-8-7-11/h3-6,12H,2,7-8H2,1H3. The molecule has 1 aromatic rings. The lowest BCUT2D eigenvalue weighted by Crippen LogP contribution is -1.99. The zero-order valence-electron chi connectivity index (χ0n) is 7.72. The molecule has 0 unspecified atom stereocenters. The average Bonchev–Trinajstić information content (AvgIpc) is 2.17. The van der Waals surface area contributed by atoms with Crippen molar-refractivity contribution in [1.82, 2.24) is 0 Å². The van der Waals surface area contributed by atoms with E-state index in [1.54, 1.807) is 0 Å². The SMILES string of the molecule is CCNc1ccc(OCCF)cc1. The number of ether oxygens (including phenoxy) is 1. The van der Waals surface area contributed by atoms with E-state index in [1.807, 2.05) is 31.2 Å². The van der Waals surface area contributed by atoms with Gasteiger partial charge in [0.1, 0.15) is 19.0 Å². The number of halogens is 1. The Kier molecular flexibility index (Phi) is 4.09. The van der Waals surface area contributed by atoms with Crippen LogP contribution >= 0.6 is 0 Å². The van der Waals surface area contributed by atoms with Gasteiger partial charge >= 0.3 is 0 Å². The number of benzene rings is 1. The van der Waals surface area contributed by atoms with Crippen LogP contribution in [0.3, 0.4) is 0 Å². The van der Waals surface area contributed by atoms with Crippen LogP contribution in [0.25, 0.3) is 0 Å². The van der Waals surface area contributed by atoms with Gasteiger partial charge in [-0.15, -0.1) is 0 Å². The van der Waals surface area contributed by atoms with Crippen molar-refractivity contribution in [3.63, 3.8) is 0 Å². The van der Waals surface area contributed by atoms with E-state index in [0.29, 0.717) is 5.75 Å². The molecule has 0 heterocycles. The molecule has 0 fully saturated rings. The van der Waals surface area contributed by atoms with Crippen LogP contribution in [0.1, 0.15) is 6.92 Å². The van der Waals surface area contributed by atoms with Gasteiger partial charge in [0.2, 0.25) is 0 Å². The van der Waals surface area contributed by atoms with Crippen molar-refractivity contribution in [2.45, 2.75) is 6.92 Å². The minimum absolute atomic E-state index is 0.126. The molecule has 0 saturated heterocycles. The highest BCUT2D eigenvalue weighted by molar-refractivity contribution is 5.46. The second-order valence-corrected chi connectivity index (χ2v) is 2.59. The molecule has 1 aromatic carbocycles. The molecule has 0 aromatic heterocycles. The fourth-order valence-electron chi connectivity index (χ4n) is 1.03. The molecular weight excluding hydrogens is 169 g/mol. The van der Waals surface area contributed by atoms with Gasteiger partial charge in [0, 0.05) is 12.2 Å². The molecule has 3 heteroatoms. The predicted octanol–water partition coefficient (Wildman–Crippen LogP) is 2.47. The van der Waals surface area contributed by atoms with Crippen LogP contribution in [-0.2, 0) is 0 Å². The van der Waals surface area contributed by atoms with E-state index in [-0.39, 0.29) is 6.61 Å². The molecule has 1 N–H and O–H groups in total. The van der Waals surface area contributed by atoms with E-state index in [9.17, 15) is 4.39 Å². The zero-order chi connectivity index (χ0) is 9.52. The van der Waals surface area contributed by atoms with E-state index in [0.717, 1.165) is 12.2 Å². The van der Waals surface area contributed by atoms with Crippen LogP contribution in [0.2, 0.25) is 0 Å². The van der Waals surface area contributed by atoms with Gasteiger partial charge in [-0.2, -0.15) is 0 Å². The quantitative estimate of drug-likeness (QED) is 0.757. The molecule has 0 bridgehead atoms. The van der Waals surface area contributed by atoms with Gasteiger partial charge < -0.3 is 10.1 Å². The summed E-state index contributed by atoms with van der Waals surface area (Å²) in [7, 11) is 0. The molecule has 0 amide bonds. The van der Waals surface area contributed by atoms with Gasteiger partial charge in [0.25, 0.3) is 0 Å². The van der Waals surface area contributed by atoms with Crippen molar-refractivity contribution in [3.8, 4) is 5.75 Å². The summed E-state index contributed by atoms with van der Waals surface area (Å²) in [4.78, 5) is 0. The molecule has 2 nitrogen and oxygen atoms in total. The lowest BCUT2D eigenvalue weighted by atomic mass is 10.3. The van der Waals surface area contributed by atoms with Gasteiger partial charge in [-0.3, -0.25) is 0 Å². The first-order chi connectivity index (χ1) is 6.36. The molecular formula is C10H14FNO. The first-order valence-corrected chi connectivity index (χ1v) is 4.39. The van der Waals surface area contributed by atoms with E-state index >= 15 is 0 Å². The fourth-order valence-corrected chi connectivity index (χ4v) is 1.03. The zero-order valence-corrected chi connectivity index (χ0v) is 7.72. The molecule has 0 spiro atoms. The van der Waals surface area contributed by atoms with Crippen molar-refractivity contribution in [1.29, 1.82) is 0 Å². The van der Waals surface area contributed by atoms with Crippen molar-refractivity contribution < 1.29 is 9.13 Å². The van der Waals surface area contributed by atoms with Crippen molar-refractivity contribution >= 4 is 5.69 Å². The topological polar surface area (TPSA) is 21.3 Å². The summed E-state index contributed by atoms with van der Waals surface area (Å²) >= 11 is 0. The number of nitrogens with one attached hydrogen (secondary N) is 1. The van der Waals surface area contributed by atoms with Crippen molar-refractivity contribution in [3.05, 3.63) is 24.3 Å². The highest BCUT2D eigenvalue weighted by atomic mass is 19.1. The summed E-state index contributed by atoms with van der Waals surface area (Å²) < 4.78 is 16.8. The minimum Gasteiger partial charge on any atom is -0.491 e. The summed E-state index contributed by atoms with van der Waals surface area (Å²) in [5, 5.41) is 3.16. The Morgan fingerprint density at radius 3 is 2.54 bits per heavy atom. The largest absolute Gasteiger partial charge is 0.491 e. The van der Waals surface area contributed by atoms with Gasteiger partial charge in [0.05, 0.1) is 0 Å². The lowest BCUT2D eigenvalue weighted by Gasteiger charge is -2.05. The normalized spacial score (nSPS) is 9.69. The number of hydrogen-bond donors (Lipinski definition) is 1. The van der Waals surface area contributed by atoms with E-state index < -0.39 is 6.67 Å². The van der Waals surface area contributed by atoms with E-state index in [2.05, 4.69) is 5.32 Å². The lowest BCUT2D eigenvalue weighted by molar-refractivity contribution is 0.273. The predicted molar refractivity (Wildman–Crippen MR) is 52.1 cm³/mol. The molecule has 72 valence electrons. The molecule has 1 rings (SSSR count). The smallest absolute Gasteiger partial charge is 0.123 e. The van der Waals surface area contributed by atoms with Crippen LogP contribution in [-0.4, -0.2) is 19.8 Å². The van der Waals surface area contributed by atoms with Crippen LogP contribution in [0.4, 0.5) is 10.1 Å². The maximum atomic E-state index is 11.7. The summed E-state index contributed by atoms with van der Waals surface area (Å²) in [5.41, 5.74) is 1.05. The van der Waals surface area contributed by atoms with Crippen molar-refractivity contribution in [2.24, 2.45) is 0 Å². The molecule has 0 aliphatic heterocycles. The first-order valence-electron chi connectivity index (χ1n) is 4.39. The van der Waals surface area contributed by atoms with Gasteiger partial charge in [-0.25, -0.2) is 4.39 Å². The van der Waals surface area contributed by atoms with Crippen molar-refractivity contribution in [2.75, 3.05) is 25.1 Å².